The average Bonchev–Trinajstić information content (AvgIpc) is 2.79. The predicted molar refractivity (Wildman–Crippen MR) is 131 cm³/mol. The van der Waals surface area contributed by atoms with Crippen LogP contribution >= 0.6 is 0 Å². The lowest BCUT2D eigenvalue weighted by molar-refractivity contribution is -0.124. The maximum atomic E-state index is 12.2. The smallest absolute Gasteiger partial charge is 0.240 e. The summed E-state index contributed by atoms with van der Waals surface area (Å²) in [6.45, 7) is 3.95. The number of fused-ring (bicyclic) bond motifs is 2. The van der Waals surface area contributed by atoms with Crippen LogP contribution in [-0.4, -0.2) is 18.0 Å². The van der Waals surface area contributed by atoms with E-state index in [1.807, 2.05) is 68.4 Å². The summed E-state index contributed by atoms with van der Waals surface area (Å²) >= 11 is 0. The molecule has 0 saturated carbocycles. The standard InChI is InChI=1S/C27H25N3O2/c1-18-11-12-25(19(2)15-18)29-26(31)13-14-27(32)30-28-17-24-22-9-5-3-7-20(22)16-21-8-4-6-10-23(21)24/h3-12,15-17H,13-14H2,1-2H3,(H,29,31)(H,30,32)/b28-17-. The summed E-state index contributed by atoms with van der Waals surface area (Å²) < 4.78 is 0. The van der Waals surface area contributed by atoms with Gasteiger partial charge in [-0.15, -0.1) is 0 Å². The largest absolute Gasteiger partial charge is 0.326 e. The molecule has 4 aromatic carbocycles. The van der Waals surface area contributed by atoms with Crippen molar-refractivity contribution >= 4 is 45.3 Å². The molecular weight excluding hydrogens is 398 g/mol. The fraction of sp³-hybridized carbons (Fsp3) is 0.148. The minimum absolute atomic E-state index is 0.0599. The molecule has 0 saturated heterocycles. The molecule has 0 aliphatic carbocycles. The number of nitrogens with one attached hydrogen (secondary N) is 2. The first-order chi connectivity index (χ1) is 15.5. The molecule has 0 heterocycles. The number of carbonyl (C=O) groups excluding carboxylic acids is 2. The number of hydrazone groups is 1. The second-order valence-electron chi connectivity index (χ2n) is 7.89. The van der Waals surface area contributed by atoms with Crippen molar-refractivity contribution in [1.29, 1.82) is 0 Å². The first kappa shape index (κ1) is 21.2. The van der Waals surface area contributed by atoms with Crippen molar-refractivity contribution in [2.24, 2.45) is 5.10 Å². The van der Waals surface area contributed by atoms with Gasteiger partial charge in [0, 0.05) is 24.1 Å². The normalized spacial score (nSPS) is 11.2. The van der Waals surface area contributed by atoms with Crippen molar-refractivity contribution < 1.29 is 9.59 Å². The second kappa shape index (κ2) is 9.43. The molecule has 2 N–H and O–H groups in total. The van der Waals surface area contributed by atoms with Crippen LogP contribution in [0.25, 0.3) is 21.5 Å². The molecule has 5 nitrogen and oxygen atoms in total. The van der Waals surface area contributed by atoms with Gasteiger partial charge in [0.1, 0.15) is 0 Å². The molecular formula is C27H25N3O2. The number of aryl methyl sites for hydroxylation is 2. The average molecular weight is 424 g/mol. The summed E-state index contributed by atoms with van der Waals surface area (Å²) in [5.41, 5.74) is 6.40. The molecule has 0 aliphatic rings. The lowest BCUT2D eigenvalue weighted by Crippen LogP contribution is -2.21. The molecule has 0 atom stereocenters. The van der Waals surface area contributed by atoms with Gasteiger partial charge in [0.15, 0.2) is 0 Å². The highest BCUT2D eigenvalue weighted by Gasteiger charge is 2.09. The molecule has 0 aromatic heterocycles. The van der Waals surface area contributed by atoms with Crippen molar-refractivity contribution in [1.82, 2.24) is 5.43 Å². The molecule has 2 amide bonds. The summed E-state index contributed by atoms with van der Waals surface area (Å²) in [6.07, 6.45) is 1.83. The Labute approximate surface area is 187 Å². The third-order valence-electron chi connectivity index (χ3n) is 5.43. The Bertz CT molecular complexity index is 1290. The number of nitrogens with zero attached hydrogens (tertiary/aromatic N) is 1. The third kappa shape index (κ3) is 4.83. The molecule has 4 aromatic rings. The fourth-order valence-corrected chi connectivity index (χ4v) is 3.81. The summed E-state index contributed by atoms with van der Waals surface area (Å²) in [6, 6.07) is 24.2. The molecule has 5 heteroatoms. The molecule has 0 bridgehead atoms. The Kier molecular flexibility index (Phi) is 6.26. The summed E-state index contributed by atoms with van der Waals surface area (Å²) in [4.78, 5) is 24.4. The minimum atomic E-state index is -0.304. The highest BCUT2D eigenvalue weighted by atomic mass is 16.2. The third-order valence-corrected chi connectivity index (χ3v) is 5.43. The predicted octanol–water partition coefficient (Wildman–Crippen LogP) is 5.48. The minimum Gasteiger partial charge on any atom is -0.326 e. The van der Waals surface area contributed by atoms with Gasteiger partial charge in [-0.2, -0.15) is 5.10 Å². The van der Waals surface area contributed by atoms with Crippen LogP contribution in [0.4, 0.5) is 5.69 Å². The van der Waals surface area contributed by atoms with Crippen LogP contribution in [0, 0.1) is 13.8 Å². The molecule has 160 valence electrons. The molecule has 0 aliphatic heterocycles. The van der Waals surface area contributed by atoms with Gasteiger partial charge in [0.2, 0.25) is 11.8 Å². The van der Waals surface area contributed by atoms with Gasteiger partial charge in [-0.3, -0.25) is 9.59 Å². The number of benzene rings is 4. The maximum absolute atomic E-state index is 12.2. The van der Waals surface area contributed by atoms with Crippen LogP contribution in [0.3, 0.4) is 0 Å². The Morgan fingerprint density at radius 3 is 2.09 bits per heavy atom. The number of rotatable bonds is 6. The van der Waals surface area contributed by atoms with Gasteiger partial charge in [0.25, 0.3) is 0 Å². The first-order valence-corrected chi connectivity index (χ1v) is 10.6. The van der Waals surface area contributed by atoms with Crippen LogP contribution < -0.4 is 10.7 Å². The van der Waals surface area contributed by atoms with E-state index in [4.69, 9.17) is 0 Å². The summed E-state index contributed by atoms with van der Waals surface area (Å²) in [7, 11) is 0. The van der Waals surface area contributed by atoms with E-state index in [-0.39, 0.29) is 24.7 Å². The van der Waals surface area contributed by atoms with Crippen LogP contribution in [0.5, 0.6) is 0 Å². The highest BCUT2D eigenvalue weighted by molar-refractivity contribution is 6.13. The number of hydrogen-bond donors (Lipinski definition) is 2. The number of hydrogen-bond acceptors (Lipinski definition) is 3. The van der Waals surface area contributed by atoms with E-state index < -0.39 is 0 Å². The van der Waals surface area contributed by atoms with Crippen molar-refractivity contribution in [2.45, 2.75) is 26.7 Å². The van der Waals surface area contributed by atoms with Crippen LogP contribution in [0.2, 0.25) is 0 Å². The quantitative estimate of drug-likeness (QED) is 0.245. The van der Waals surface area contributed by atoms with Crippen molar-refractivity contribution in [3.05, 3.63) is 89.5 Å². The molecule has 4 rings (SSSR count). The van der Waals surface area contributed by atoms with Crippen LogP contribution in [0.15, 0.2) is 77.9 Å². The molecule has 32 heavy (non-hydrogen) atoms. The highest BCUT2D eigenvalue weighted by Crippen LogP contribution is 2.27. The SMILES string of the molecule is Cc1ccc(NC(=O)CCC(=O)N/N=C\c2c3ccccc3cc3ccccc23)c(C)c1. The van der Waals surface area contributed by atoms with Crippen molar-refractivity contribution in [3.63, 3.8) is 0 Å². The van der Waals surface area contributed by atoms with Crippen LogP contribution in [-0.2, 0) is 9.59 Å². The number of carbonyl (C=O) groups is 2. The van der Waals surface area contributed by atoms with Gasteiger partial charge in [-0.25, -0.2) is 5.43 Å². The Balaban J connectivity index is 1.40. The van der Waals surface area contributed by atoms with E-state index in [2.05, 4.69) is 34.0 Å². The van der Waals surface area contributed by atoms with Gasteiger partial charge in [-0.1, -0.05) is 66.2 Å². The summed E-state index contributed by atoms with van der Waals surface area (Å²) in [5, 5.41) is 11.4. The van der Waals surface area contributed by atoms with Gasteiger partial charge in [0.05, 0.1) is 6.21 Å². The monoisotopic (exact) mass is 423 g/mol. The van der Waals surface area contributed by atoms with Gasteiger partial charge < -0.3 is 5.32 Å². The van der Waals surface area contributed by atoms with Gasteiger partial charge in [-0.05, 0) is 53.1 Å². The zero-order chi connectivity index (χ0) is 22.5. The van der Waals surface area contributed by atoms with E-state index in [9.17, 15) is 9.59 Å². The zero-order valence-corrected chi connectivity index (χ0v) is 18.2. The lowest BCUT2D eigenvalue weighted by Gasteiger charge is -2.09. The Morgan fingerprint density at radius 2 is 1.44 bits per heavy atom. The van der Waals surface area contributed by atoms with Crippen molar-refractivity contribution in [3.8, 4) is 0 Å². The summed E-state index contributed by atoms with van der Waals surface area (Å²) in [5.74, 6) is -0.502. The number of amides is 2. The molecule has 0 radical (unpaired) electrons. The zero-order valence-electron chi connectivity index (χ0n) is 18.2. The Hall–Kier alpha value is -3.99. The molecule has 0 unspecified atom stereocenters. The second-order valence-corrected chi connectivity index (χ2v) is 7.89. The van der Waals surface area contributed by atoms with E-state index >= 15 is 0 Å². The van der Waals surface area contributed by atoms with E-state index in [0.717, 1.165) is 43.9 Å². The maximum Gasteiger partial charge on any atom is 0.240 e. The van der Waals surface area contributed by atoms with E-state index in [1.165, 1.54) is 0 Å². The molecule has 0 fully saturated rings. The number of anilines is 1. The van der Waals surface area contributed by atoms with E-state index in [0.29, 0.717) is 0 Å². The van der Waals surface area contributed by atoms with Crippen molar-refractivity contribution in [2.75, 3.05) is 5.32 Å². The van der Waals surface area contributed by atoms with Crippen LogP contribution in [0.1, 0.15) is 29.5 Å². The topological polar surface area (TPSA) is 70.6 Å². The molecule has 0 spiro atoms. The Morgan fingerprint density at radius 1 is 0.812 bits per heavy atom. The first-order valence-electron chi connectivity index (χ1n) is 10.6. The van der Waals surface area contributed by atoms with E-state index in [1.54, 1.807) is 6.21 Å². The fourth-order valence-electron chi connectivity index (χ4n) is 3.81. The van der Waals surface area contributed by atoms with Gasteiger partial charge >= 0.3 is 0 Å². The lowest BCUT2D eigenvalue weighted by atomic mass is 9.97.